The summed E-state index contributed by atoms with van der Waals surface area (Å²) in [6.45, 7) is 9.88. The van der Waals surface area contributed by atoms with Gasteiger partial charge in [-0.15, -0.1) is 0 Å². The second-order valence-corrected chi connectivity index (χ2v) is 6.43. The van der Waals surface area contributed by atoms with Crippen LogP contribution in [0.3, 0.4) is 0 Å². The van der Waals surface area contributed by atoms with Crippen molar-refractivity contribution in [1.82, 2.24) is 10.6 Å². The molecule has 0 aromatic rings. The van der Waals surface area contributed by atoms with Crippen LogP contribution in [0.15, 0.2) is 0 Å². The van der Waals surface area contributed by atoms with Crippen molar-refractivity contribution in [2.75, 3.05) is 0 Å². The van der Waals surface area contributed by atoms with Gasteiger partial charge in [0.2, 0.25) is 11.8 Å². The number of amides is 2. The van der Waals surface area contributed by atoms with Gasteiger partial charge < -0.3 is 10.6 Å². The van der Waals surface area contributed by atoms with Crippen LogP contribution in [0.2, 0.25) is 0 Å². The van der Waals surface area contributed by atoms with Gasteiger partial charge in [0.1, 0.15) is 0 Å². The standard InChI is InChI=1S/C15H30N2O2/c1-12(2)16-13(18)10-8-6-7-9-11-14(19)17-15(3,4)5/h12H,6-11H2,1-5H3,(H,16,18)(H,17,19). The van der Waals surface area contributed by atoms with Crippen LogP contribution in [0, 0.1) is 0 Å². The molecule has 19 heavy (non-hydrogen) atoms. The first-order valence-electron chi connectivity index (χ1n) is 7.31. The number of carbonyl (C=O) groups is 2. The molecule has 0 aromatic heterocycles. The van der Waals surface area contributed by atoms with E-state index in [1.165, 1.54) is 0 Å². The van der Waals surface area contributed by atoms with E-state index in [1.807, 2.05) is 34.6 Å². The summed E-state index contributed by atoms with van der Waals surface area (Å²) in [4.78, 5) is 22.9. The number of nitrogens with one attached hydrogen (secondary N) is 2. The van der Waals surface area contributed by atoms with Gasteiger partial charge in [-0.05, 0) is 47.5 Å². The fourth-order valence-electron chi connectivity index (χ4n) is 1.80. The molecule has 2 amide bonds. The second-order valence-electron chi connectivity index (χ2n) is 6.43. The molecule has 112 valence electrons. The van der Waals surface area contributed by atoms with Crippen LogP contribution in [0.25, 0.3) is 0 Å². The maximum atomic E-state index is 11.5. The predicted octanol–water partition coefficient (Wildman–Crippen LogP) is 2.77. The molecule has 0 saturated carbocycles. The highest BCUT2D eigenvalue weighted by atomic mass is 16.2. The Kier molecular flexibility index (Phi) is 8.44. The molecule has 4 nitrogen and oxygen atoms in total. The maximum Gasteiger partial charge on any atom is 0.220 e. The van der Waals surface area contributed by atoms with Crippen molar-refractivity contribution in [2.45, 2.75) is 84.7 Å². The van der Waals surface area contributed by atoms with Crippen molar-refractivity contribution < 1.29 is 9.59 Å². The van der Waals surface area contributed by atoms with Gasteiger partial charge >= 0.3 is 0 Å². The first kappa shape index (κ1) is 17.9. The van der Waals surface area contributed by atoms with Crippen molar-refractivity contribution >= 4 is 11.8 Å². The third-order valence-corrected chi connectivity index (χ3v) is 2.52. The van der Waals surface area contributed by atoms with Crippen LogP contribution in [0.4, 0.5) is 0 Å². The van der Waals surface area contributed by atoms with E-state index in [0.29, 0.717) is 12.8 Å². The van der Waals surface area contributed by atoms with Gasteiger partial charge in [0.15, 0.2) is 0 Å². The normalized spacial score (nSPS) is 11.5. The third kappa shape index (κ3) is 13.2. The van der Waals surface area contributed by atoms with Crippen LogP contribution >= 0.6 is 0 Å². The Morgan fingerprint density at radius 2 is 1.37 bits per heavy atom. The molecule has 0 fully saturated rings. The zero-order valence-corrected chi connectivity index (χ0v) is 13.1. The van der Waals surface area contributed by atoms with E-state index < -0.39 is 0 Å². The minimum absolute atomic E-state index is 0.116. The average molecular weight is 270 g/mol. The minimum Gasteiger partial charge on any atom is -0.354 e. The van der Waals surface area contributed by atoms with Crippen LogP contribution in [-0.4, -0.2) is 23.4 Å². The second kappa shape index (κ2) is 8.94. The number of unbranched alkanes of at least 4 members (excludes halogenated alkanes) is 3. The Morgan fingerprint density at radius 3 is 1.79 bits per heavy atom. The first-order valence-corrected chi connectivity index (χ1v) is 7.31. The lowest BCUT2D eigenvalue weighted by Crippen LogP contribution is -2.40. The Balaban J connectivity index is 3.46. The van der Waals surface area contributed by atoms with Gasteiger partial charge in [-0.2, -0.15) is 0 Å². The highest BCUT2D eigenvalue weighted by molar-refractivity contribution is 5.76. The van der Waals surface area contributed by atoms with E-state index >= 15 is 0 Å². The summed E-state index contributed by atoms with van der Waals surface area (Å²) in [6.07, 6.45) is 4.98. The molecule has 0 saturated heterocycles. The highest BCUT2D eigenvalue weighted by Gasteiger charge is 2.12. The number of carbonyl (C=O) groups excluding carboxylic acids is 2. The van der Waals surface area contributed by atoms with Crippen molar-refractivity contribution in [1.29, 1.82) is 0 Å². The Bertz CT molecular complexity index is 280. The van der Waals surface area contributed by atoms with E-state index in [0.717, 1.165) is 25.7 Å². The highest BCUT2D eigenvalue weighted by Crippen LogP contribution is 2.07. The van der Waals surface area contributed by atoms with E-state index in [-0.39, 0.29) is 23.4 Å². The quantitative estimate of drug-likeness (QED) is 0.666. The largest absolute Gasteiger partial charge is 0.354 e. The van der Waals surface area contributed by atoms with Gasteiger partial charge in [0, 0.05) is 24.4 Å². The molecule has 0 aromatic carbocycles. The Morgan fingerprint density at radius 1 is 0.895 bits per heavy atom. The Labute approximate surface area is 117 Å². The molecule has 0 aliphatic heterocycles. The molecule has 0 unspecified atom stereocenters. The van der Waals surface area contributed by atoms with E-state index in [2.05, 4.69) is 10.6 Å². The van der Waals surface area contributed by atoms with Crippen molar-refractivity contribution in [3.05, 3.63) is 0 Å². The Hall–Kier alpha value is -1.06. The molecule has 0 heterocycles. The van der Waals surface area contributed by atoms with Crippen molar-refractivity contribution in [2.24, 2.45) is 0 Å². The van der Waals surface area contributed by atoms with Crippen LogP contribution in [0.1, 0.15) is 73.1 Å². The lowest BCUT2D eigenvalue weighted by Gasteiger charge is -2.20. The molecule has 0 aliphatic carbocycles. The molecule has 4 heteroatoms. The molecule has 0 spiro atoms. The summed E-state index contributed by atoms with van der Waals surface area (Å²) in [5.41, 5.74) is -0.147. The fourth-order valence-corrected chi connectivity index (χ4v) is 1.80. The maximum absolute atomic E-state index is 11.5. The van der Waals surface area contributed by atoms with Gasteiger partial charge in [-0.3, -0.25) is 9.59 Å². The van der Waals surface area contributed by atoms with Crippen LogP contribution < -0.4 is 10.6 Å². The molecule has 0 radical (unpaired) electrons. The third-order valence-electron chi connectivity index (χ3n) is 2.52. The van der Waals surface area contributed by atoms with Gasteiger partial charge in [-0.25, -0.2) is 0 Å². The van der Waals surface area contributed by atoms with E-state index in [9.17, 15) is 9.59 Å². The molecular weight excluding hydrogens is 240 g/mol. The number of hydrogen-bond acceptors (Lipinski definition) is 2. The SMILES string of the molecule is CC(C)NC(=O)CCCCCCC(=O)NC(C)(C)C. The zero-order chi connectivity index (χ0) is 14.9. The topological polar surface area (TPSA) is 58.2 Å². The summed E-state index contributed by atoms with van der Waals surface area (Å²) < 4.78 is 0. The fraction of sp³-hybridized carbons (Fsp3) is 0.867. The number of hydrogen-bond donors (Lipinski definition) is 2. The smallest absolute Gasteiger partial charge is 0.220 e. The molecular formula is C15H30N2O2. The molecule has 0 rings (SSSR count). The first-order chi connectivity index (χ1) is 8.70. The molecule has 0 aliphatic rings. The molecule has 0 bridgehead atoms. The summed E-state index contributed by atoms with van der Waals surface area (Å²) in [6, 6.07) is 0.216. The van der Waals surface area contributed by atoms with Gasteiger partial charge in [-0.1, -0.05) is 12.8 Å². The lowest BCUT2D eigenvalue weighted by molar-refractivity contribution is -0.123. The average Bonchev–Trinajstić information content (AvgIpc) is 2.19. The molecule has 2 N–H and O–H groups in total. The number of rotatable bonds is 8. The summed E-state index contributed by atoms with van der Waals surface area (Å²) in [5.74, 6) is 0.241. The zero-order valence-electron chi connectivity index (χ0n) is 13.1. The predicted molar refractivity (Wildman–Crippen MR) is 78.9 cm³/mol. The summed E-state index contributed by atoms with van der Waals surface area (Å²) in [7, 11) is 0. The van der Waals surface area contributed by atoms with E-state index in [4.69, 9.17) is 0 Å². The summed E-state index contributed by atoms with van der Waals surface area (Å²) in [5, 5.41) is 5.82. The van der Waals surface area contributed by atoms with Crippen molar-refractivity contribution in [3.8, 4) is 0 Å². The van der Waals surface area contributed by atoms with Crippen molar-refractivity contribution in [3.63, 3.8) is 0 Å². The van der Waals surface area contributed by atoms with E-state index in [1.54, 1.807) is 0 Å². The molecule has 0 atom stereocenters. The minimum atomic E-state index is -0.147. The monoisotopic (exact) mass is 270 g/mol. The van der Waals surface area contributed by atoms with Crippen LogP contribution in [0.5, 0.6) is 0 Å². The lowest BCUT2D eigenvalue weighted by atomic mass is 10.1. The van der Waals surface area contributed by atoms with Gasteiger partial charge in [0.25, 0.3) is 0 Å². The van der Waals surface area contributed by atoms with Gasteiger partial charge in [0.05, 0.1) is 0 Å². The summed E-state index contributed by atoms with van der Waals surface area (Å²) >= 11 is 0. The van der Waals surface area contributed by atoms with Crippen LogP contribution in [-0.2, 0) is 9.59 Å².